The second-order valence-electron chi connectivity index (χ2n) is 8.75. The molecule has 0 unspecified atom stereocenters. The Hall–Kier alpha value is -1.95. The Bertz CT molecular complexity index is 901. The SMILES string of the molecule is CC(C)(C)OC(=O)CCCC(=O)Cc1cnc2cc(Br)ccc2c1NC1CCC1. The first-order valence-electron chi connectivity index (χ1n) is 10.3. The second kappa shape index (κ2) is 9.24. The fourth-order valence-electron chi connectivity index (χ4n) is 3.39. The number of fused-ring (bicyclic) bond motifs is 1. The van der Waals surface area contributed by atoms with Crippen molar-refractivity contribution in [3.05, 3.63) is 34.4 Å². The summed E-state index contributed by atoms with van der Waals surface area (Å²) in [6.45, 7) is 5.54. The molecular weight excluding hydrogens is 432 g/mol. The van der Waals surface area contributed by atoms with E-state index >= 15 is 0 Å². The van der Waals surface area contributed by atoms with Crippen molar-refractivity contribution in [2.24, 2.45) is 0 Å². The van der Waals surface area contributed by atoms with Crippen LogP contribution in [0.25, 0.3) is 10.9 Å². The van der Waals surface area contributed by atoms with Crippen molar-refractivity contribution in [1.82, 2.24) is 4.98 Å². The van der Waals surface area contributed by atoms with E-state index in [1.54, 1.807) is 0 Å². The lowest BCUT2D eigenvalue weighted by Gasteiger charge is -2.29. The maximum atomic E-state index is 12.6. The molecule has 2 aromatic rings. The summed E-state index contributed by atoms with van der Waals surface area (Å²) in [5.74, 6) is -0.140. The Labute approximate surface area is 180 Å². The van der Waals surface area contributed by atoms with Gasteiger partial charge in [-0.25, -0.2) is 0 Å². The van der Waals surface area contributed by atoms with E-state index in [1.807, 2.05) is 45.2 Å². The number of nitrogens with one attached hydrogen (secondary N) is 1. The maximum Gasteiger partial charge on any atom is 0.306 e. The molecule has 1 aliphatic rings. The molecule has 0 saturated heterocycles. The molecule has 0 atom stereocenters. The molecule has 1 aliphatic carbocycles. The number of esters is 1. The molecule has 0 radical (unpaired) electrons. The third kappa shape index (κ3) is 6.26. The van der Waals surface area contributed by atoms with E-state index in [1.165, 1.54) is 6.42 Å². The molecule has 156 valence electrons. The highest BCUT2D eigenvalue weighted by Crippen LogP contribution is 2.32. The number of carbonyl (C=O) groups excluding carboxylic acids is 2. The number of nitrogens with zero attached hydrogens (tertiary/aromatic N) is 1. The molecule has 1 heterocycles. The zero-order valence-corrected chi connectivity index (χ0v) is 19.0. The van der Waals surface area contributed by atoms with Gasteiger partial charge in [-0.1, -0.05) is 15.9 Å². The van der Waals surface area contributed by atoms with E-state index in [9.17, 15) is 9.59 Å². The van der Waals surface area contributed by atoms with Gasteiger partial charge in [0.2, 0.25) is 0 Å². The van der Waals surface area contributed by atoms with Crippen LogP contribution in [0.1, 0.15) is 64.9 Å². The Morgan fingerprint density at radius 2 is 2.00 bits per heavy atom. The number of rotatable bonds is 8. The number of benzene rings is 1. The highest BCUT2D eigenvalue weighted by molar-refractivity contribution is 9.10. The van der Waals surface area contributed by atoms with Crippen molar-refractivity contribution in [2.45, 2.75) is 77.4 Å². The monoisotopic (exact) mass is 460 g/mol. The predicted octanol–water partition coefficient (Wildman–Crippen LogP) is 5.59. The summed E-state index contributed by atoms with van der Waals surface area (Å²) in [7, 11) is 0. The van der Waals surface area contributed by atoms with Gasteiger partial charge >= 0.3 is 5.97 Å². The zero-order valence-electron chi connectivity index (χ0n) is 17.4. The molecule has 0 amide bonds. The molecule has 1 aromatic heterocycles. The van der Waals surface area contributed by atoms with Crippen LogP contribution in [0.15, 0.2) is 28.9 Å². The number of hydrogen-bond acceptors (Lipinski definition) is 5. The summed E-state index contributed by atoms with van der Waals surface area (Å²) in [5, 5.41) is 4.67. The standard InChI is InChI=1S/C23H29BrN2O3/c1-23(2,3)29-21(28)9-5-8-18(27)12-15-14-25-20-13-16(24)10-11-19(20)22(15)26-17-6-4-7-17/h10-11,13-14,17H,4-9,12H2,1-3H3,(H,25,26). The lowest BCUT2D eigenvalue weighted by atomic mass is 9.92. The number of halogens is 1. The number of carbonyl (C=O) groups is 2. The molecule has 5 nitrogen and oxygen atoms in total. The average molecular weight is 461 g/mol. The minimum Gasteiger partial charge on any atom is -0.460 e. The number of anilines is 1. The molecule has 3 rings (SSSR count). The molecule has 1 N–H and O–H groups in total. The highest BCUT2D eigenvalue weighted by atomic mass is 79.9. The molecule has 6 heteroatoms. The Kier molecular flexibility index (Phi) is 6.93. The van der Waals surface area contributed by atoms with E-state index in [4.69, 9.17) is 4.74 Å². The van der Waals surface area contributed by atoms with Gasteiger partial charge in [0.25, 0.3) is 0 Å². The molecule has 1 saturated carbocycles. The van der Waals surface area contributed by atoms with Gasteiger partial charge in [0.1, 0.15) is 11.4 Å². The second-order valence-corrected chi connectivity index (χ2v) is 9.66. The molecular formula is C23H29BrN2O3. The summed E-state index contributed by atoms with van der Waals surface area (Å²) < 4.78 is 6.29. The van der Waals surface area contributed by atoms with E-state index < -0.39 is 5.60 Å². The van der Waals surface area contributed by atoms with Crippen molar-refractivity contribution >= 4 is 44.3 Å². The van der Waals surface area contributed by atoms with Crippen molar-refractivity contribution in [2.75, 3.05) is 5.32 Å². The number of pyridine rings is 1. The van der Waals surface area contributed by atoms with Crippen LogP contribution in [0.2, 0.25) is 0 Å². The van der Waals surface area contributed by atoms with Gasteiger partial charge in [-0.05, 0) is 64.7 Å². The van der Waals surface area contributed by atoms with Crippen LogP contribution in [0.5, 0.6) is 0 Å². The van der Waals surface area contributed by atoms with Crippen LogP contribution in [0.4, 0.5) is 5.69 Å². The number of Topliss-reactive ketones (excluding diaryl/α,β-unsaturated/α-hetero) is 1. The lowest BCUT2D eigenvalue weighted by Crippen LogP contribution is -2.28. The summed E-state index contributed by atoms with van der Waals surface area (Å²) in [5.41, 5.74) is 2.36. The number of hydrogen-bond donors (Lipinski definition) is 1. The fraction of sp³-hybridized carbons (Fsp3) is 0.522. The first-order chi connectivity index (χ1) is 13.7. The third-order valence-corrected chi connectivity index (χ3v) is 5.50. The molecule has 1 aromatic carbocycles. The van der Waals surface area contributed by atoms with Gasteiger partial charge in [-0.2, -0.15) is 0 Å². The Morgan fingerprint density at radius 1 is 1.24 bits per heavy atom. The van der Waals surface area contributed by atoms with E-state index in [0.29, 0.717) is 25.3 Å². The summed E-state index contributed by atoms with van der Waals surface area (Å²) in [6.07, 6.45) is 6.82. The minimum absolute atomic E-state index is 0.114. The van der Waals surface area contributed by atoms with Gasteiger partial charge in [0, 0.05) is 52.6 Å². The summed E-state index contributed by atoms with van der Waals surface area (Å²) in [6, 6.07) is 6.50. The van der Waals surface area contributed by atoms with Crippen molar-refractivity contribution in [3.63, 3.8) is 0 Å². The van der Waals surface area contributed by atoms with Crippen LogP contribution in [0, 0.1) is 0 Å². The minimum atomic E-state index is -0.491. The summed E-state index contributed by atoms with van der Waals surface area (Å²) >= 11 is 3.50. The highest BCUT2D eigenvalue weighted by Gasteiger charge is 2.21. The molecule has 29 heavy (non-hydrogen) atoms. The normalized spacial score (nSPS) is 14.5. The van der Waals surface area contributed by atoms with Gasteiger partial charge in [0.15, 0.2) is 0 Å². The quantitative estimate of drug-likeness (QED) is 0.520. The third-order valence-electron chi connectivity index (χ3n) is 5.01. The predicted molar refractivity (Wildman–Crippen MR) is 119 cm³/mol. The number of aromatic nitrogens is 1. The van der Waals surface area contributed by atoms with Crippen LogP contribution >= 0.6 is 15.9 Å². The lowest BCUT2D eigenvalue weighted by molar-refractivity contribution is -0.154. The van der Waals surface area contributed by atoms with Crippen LogP contribution in [-0.4, -0.2) is 28.4 Å². The first kappa shape index (κ1) is 21.8. The van der Waals surface area contributed by atoms with Crippen molar-refractivity contribution < 1.29 is 14.3 Å². The Morgan fingerprint density at radius 3 is 2.66 bits per heavy atom. The van der Waals surface area contributed by atoms with E-state index in [2.05, 4.69) is 26.2 Å². The molecule has 1 fully saturated rings. The number of ketones is 1. The molecule has 0 spiro atoms. The Balaban J connectivity index is 1.66. The molecule has 0 aliphatic heterocycles. The smallest absolute Gasteiger partial charge is 0.306 e. The van der Waals surface area contributed by atoms with Gasteiger partial charge in [-0.3, -0.25) is 14.6 Å². The summed E-state index contributed by atoms with van der Waals surface area (Å²) in [4.78, 5) is 29.0. The average Bonchev–Trinajstić information content (AvgIpc) is 2.57. The van der Waals surface area contributed by atoms with Gasteiger partial charge in [-0.15, -0.1) is 0 Å². The van der Waals surface area contributed by atoms with Crippen molar-refractivity contribution in [1.29, 1.82) is 0 Å². The van der Waals surface area contributed by atoms with E-state index in [0.717, 1.165) is 39.5 Å². The maximum absolute atomic E-state index is 12.6. The van der Waals surface area contributed by atoms with Crippen LogP contribution < -0.4 is 5.32 Å². The topological polar surface area (TPSA) is 68.3 Å². The largest absolute Gasteiger partial charge is 0.460 e. The fourth-order valence-corrected chi connectivity index (χ4v) is 3.74. The zero-order chi connectivity index (χ0) is 21.0. The van der Waals surface area contributed by atoms with Crippen LogP contribution in [-0.2, 0) is 20.7 Å². The van der Waals surface area contributed by atoms with Crippen LogP contribution in [0.3, 0.4) is 0 Å². The first-order valence-corrected chi connectivity index (χ1v) is 11.1. The number of ether oxygens (including phenoxy) is 1. The van der Waals surface area contributed by atoms with Gasteiger partial charge in [0.05, 0.1) is 5.52 Å². The van der Waals surface area contributed by atoms with E-state index in [-0.39, 0.29) is 18.2 Å². The van der Waals surface area contributed by atoms with Gasteiger partial charge < -0.3 is 10.1 Å². The van der Waals surface area contributed by atoms with Crippen molar-refractivity contribution in [3.8, 4) is 0 Å². The molecule has 0 bridgehead atoms.